The average Bonchev–Trinajstić information content (AvgIpc) is 3.03. The van der Waals surface area contributed by atoms with Crippen LogP contribution in [0, 0.1) is 11.3 Å². The topological polar surface area (TPSA) is 55.1 Å². The molecule has 4 nitrogen and oxygen atoms in total. The smallest absolute Gasteiger partial charge is 0.189 e. The van der Waals surface area contributed by atoms with Gasteiger partial charge < -0.3 is 9.47 Å². The van der Waals surface area contributed by atoms with Crippen molar-refractivity contribution in [1.29, 1.82) is 5.26 Å². The molecule has 0 spiro atoms. The highest BCUT2D eigenvalue weighted by atomic mass is 79.9. The summed E-state index contributed by atoms with van der Waals surface area (Å²) in [5.74, 6) is 0.762. The Hall–Kier alpha value is -2.20. The maximum Gasteiger partial charge on any atom is 0.189 e. The van der Waals surface area contributed by atoms with Gasteiger partial charge in [0.1, 0.15) is 16.8 Å². The Balaban J connectivity index is 1.84. The van der Waals surface area contributed by atoms with Crippen LogP contribution < -0.4 is 4.74 Å². The first-order valence-electron chi connectivity index (χ1n) is 7.25. The number of ether oxygens (including phenoxy) is 2. The fourth-order valence-electron chi connectivity index (χ4n) is 2.60. The molecule has 0 bridgehead atoms. The van der Waals surface area contributed by atoms with E-state index in [-0.39, 0.29) is 6.79 Å². The minimum Gasteiger partial charge on any atom is -0.467 e. The lowest BCUT2D eigenvalue weighted by Gasteiger charge is -2.20. The molecule has 1 aliphatic heterocycles. The first-order valence-corrected chi connectivity index (χ1v) is 8.86. The van der Waals surface area contributed by atoms with E-state index in [0.29, 0.717) is 17.2 Å². The molecule has 0 amide bonds. The van der Waals surface area contributed by atoms with Gasteiger partial charge in [0.25, 0.3) is 0 Å². The molecule has 2 heterocycles. The zero-order valence-corrected chi connectivity index (χ0v) is 14.9. The molecule has 0 fully saturated rings. The van der Waals surface area contributed by atoms with E-state index in [0.717, 1.165) is 31.6 Å². The van der Waals surface area contributed by atoms with Gasteiger partial charge in [0.2, 0.25) is 0 Å². The van der Waals surface area contributed by atoms with Crippen LogP contribution in [0.25, 0.3) is 21.9 Å². The van der Waals surface area contributed by atoms with Crippen LogP contribution in [0.5, 0.6) is 5.75 Å². The van der Waals surface area contributed by atoms with E-state index < -0.39 is 0 Å². The molecule has 6 heteroatoms. The van der Waals surface area contributed by atoms with Gasteiger partial charge >= 0.3 is 0 Å². The van der Waals surface area contributed by atoms with Crippen LogP contribution in [0.15, 0.2) is 40.9 Å². The standard InChI is InChI=1S/C18H11BrN2O2S/c19-14-6-11(17-13(7-14)9-22-10-23-17)5-12(8-20)18-21-15-3-1-2-4-16(15)24-18/h1-7H,9-10H2/b12-5+. The second-order valence-electron chi connectivity index (χ2n) is 5.25. The first kappa shape index (κ1) is 15.3. The summed E-state index contributed by atoms with van der Waals surface area (Å²) in [5.41, 5.74) is 3.23. The highest BCUT2D eigenvalue weighted by molar-refractivity contribution is 9.10. The Bertz CT molecular complexity index is 971. The van der Waals surface area contributed by atoms with Gasteiger partial charge in [-0.1, -0.05) is 28.1 Å². The quantitative estimate of drug-likeness (QED) is 0.570. The minimum absolute atomic E-state index is 0.221. The maximum atomic E-state index is 9.61. The molecule has 0 aliphatic carbocycles. The van der Waals surface area contributed by atoms with Crippen molar-refractivity contribution in [3.05, 3.63) is 57.0 Å². The van der Waals surface area contributed by atoms with Gasteiger partial charge in [0.05, 0.1) is 22.4 Å². The normalized spacial score (nSPS) is 14.1. The van der Waals surface area contributed by atoms with Gasteiger partial charge in [-0.25, -0.2) is 4.98 Å². The third kappa shape index (κ3) is 2.82. The number of nitrogens with zero attached hydrogens (tertiary/aromatic N) is 2. The molecule has 0 radical (unpaired) electrons. The Morgan fingerprint density at radius 2 is 2.21 bits per heavy atom. The third-order valence-corrected chi connectivity index (χ3v) is 5.18. The van der Waals surface area contributed by atoms with E-state index in [1.54, 1.807) is 0 Å². The summed E-state index contributed by atoms with van der Waals surface area (Å²) < 4.78 is 12.9. The molecule has 0 saturated carbocycles. The van der Waals surface area contributed by atoms with Crippen molar-refractivity contribution in [2.24, 2.45) is 0 Å². The molecule has 0 atom stereocenters. The molecule has 118 valence electrons. The van der Waals surface area contributed by atoms with Crippen LogP contribution in [0.1, 0.15) is 16.1 Å². The zero-order chi connectivity index (χ0) is 16.5. The maximum absolute atomic E-state index is 9.61. The molecule has 4 rings (SSSR count). The third-order valence-electron chi connectivity index (χ3n) is 3.65. The molecule has 1 aromatic heterocycles. The summed E-state index contributed by atoms with van der Waals surface area (Å²) in [6, 6.07) is 14.0. The SMILES string of the molecule is N#C/C(=C\c1cc(Br)cc2c1OCOC2)c1nc2ccccc2s1. The van der Waals surface area contributed by atoms with Crippen LogP contribution in [-0.4, -0.2) is 11.8 Å². The summed E-state index contributed by atoms with van der Waals surface area (Å²) in [5, 5.41) is 10.3. The van der Waals surface area contributed by atoms with Gasteiger partial charge in [-0.2, -0.15) is 5.26 Å². The summed E-state index contributed by atoms with van der Waals surface area (Å²) >= 11 is 5.01. The van der Waals surface area contributed by atoms with Gasteiger partial charge in [0, 0.05) is 15.6 Å². The van der Waals surface area contributed by atoms with Crippen LogP contribution in [0.4, 0.5) is 0 Å². The fourth-order valence-corrected chi connectivity index (χ4v) is 4.06. The Kier molecular flexibility index (Phi) is 4.07. The van der Waals surface area contributed by atoms with Gasteiger partial charge in [0.15, 0.2) is 6.79 Å². The highest BCUT2D eigenvalue weighted by Gasteiger charge is 2.17. The Morgan fingerprint density at radius 3 is 3.04 bits per heavy atom. The largest absolute Gasteiger partial charge is 0.467 e. The van der Waals surface area contributed by atoms with Crippen LogP contribution in [0.2, 0.25) is 0 Å². The lowest BCUT2D eigenvalue weighted by atomic mass is 10.1. The lowest BCUT2D eigenvalue weighted by Crippen LogP contribution is -2.12. The number of aromatic nitrogens is 1. The molecule has 1 aliphatic rings. The first-order chi connectivity index (χ1) is 11.7. The Morgan fingerprint density at radius 1 is 1.33 bits per heavy atom. The lowest BCUT2D eigenvalue weighted by molar-refractivity contribution is -0.0165. The van der Waals surface area contributed by atoms with Gasteiger partial charge in [-0.3, -0.25) is 0 Å². The molecule has 0 N–H and O–H groups in total. The van der Waals surface area contributed by atoms with Crippen LogP contribution >= 0.6 is 27.3 Å². The number of allylic oxidation sites excluding steroid dienone is 1. The predicted molar refractivity (Wildman–Crippen MR) is 97.5 cm³/mol. The molecule has 24 heavy (non-hydrogen) atoms. The molecular formula is C18H11BrN2O2S. The monoisotopic (exact) mass is 398 g/mol. The number of halogens is 1. The molecular weight excluding hydrogens is 388 g/mol. The average molecular weight is 399 g/mol. The number of rotatable bonds is 2. The fraction of sp³-hybridized carbons (Fsp3) is 0.111. The van der Waals surface area contributed by atoms with E-state index >= 15 is 0 Å². The molecule has 2 aromatic carbocycles. The van der Waals surface area contributed by atoms with Gasteiger partial charge in [-0.05, 0) is 30.3 Å². The number of thiazole rings is 1. The van der Waals surface area contributed by atoms with Crippen molar-refractivity contribution >= 4 is 49.1 Å². The highest BCUT2D eigenvalue weighted by Crippen LogP contribution is 2.35. The van der Waals surface area contributed by atoms with E-state index in [1.807, 2.05) is 42.5 Å². The summed E-state index contributed by atoms with van der Waals surface area (Å²) in [4.78, 5) is 4.57. The van der Waals surface area contributed by atoms with Crippen LogP contribution in [0.3, 0.4) is 0 Å². The van der Waals surface area contributed by atoms with Crippen molar-refractivity contribution in [2.75, 3.05) is 6.79 Å². The molecule has 3 aromatic rings. The molecule has 0 unspecified atom stereocenters. The number of fused-ring (bicyclic) bond motifs is 2. The summed E-state index contributed by atoms with van der Waals surface area (Å²) in [6.07, 6.45) is 1.83. The van der Waals surface area contributed by atoms with Crippen molar-refractivity contribution in [3.63, 3.8) is 0 Å². The number of hydrogen-bond donors (Lipinski definition) is 0. The summed E-state index contributed by atoms with van der Waals surface area (Å²) in [6.45, 7) is 0.719. The second-order valence-corrected chi connectivity index (χ2v) is 7.20. The number of nitriles is 1. The van der Waals surface area contributed by atoms with E-state index in [9.17, 15) is 5.26 Å². The summed E-state index contributed by atoms with van der Waals surface area (Å²) in [7, 11) is 0. The zero-order valence-electron chi connectivity index (χ0n) is 12.5. The van der Waals surface area contributed by atoms with E-state index in [4.69, 9.17) is 9.47 Å². The van der Waals surface area contributed by atoms with Crippen molar-refractivity contribution in [2.45, 2.75) is 6.61 Å². The number of hydrogen-bond acceptors (Lipinski definition) is 5. The van der Waals surface area contributed by atoms with Crippen molar-refractivity contribution in [3.8, 4) is 11.8 Å². The van der Waals surface area contributed by atoms with Crippen molar-refractivity contribution in [1.82, 2.24) is 4.98 Å². The second kappa shape index (κ2) is 6.36. The predicted octanol–water partition coefficient (Wildman–Crippen LogP) is 4.99. The van der Waals surface area contributed by atoms with E-state index in [1.165, 1.54) is 11.3 Å². The number of para-hydroxylation sites is 1. The Labute approximate surface area is 151 Å². The van der Waals surface area contributed by atoms with Gasteiger partial charge in [-0.15, -0.1) is 11.3 Å². The number of benzene rings is 2. The van der Waals surface area contributed by atoms with Crippen molar-refractivity contribution < 1.29 is 9.47 Å². The van der Waals surface area contributed by atoms with Crippen LogP contribution in [-0.2, 0) is 11.3 Å². The molecule has 0 saturated heterocycles. The van der Waals surface area contributed by atoms with E-state index in [2.05, 4.69) is 27.0 Å². The minimum atomic E-state index is 0.221.